The summed E-state index contributed by atoms with van der Waals surface area (Å²) in [6.07, 6.45) is 3.00. The molecule has 1 heterocycles. The van der Waals surface area contributed by atoms with Crippen LogP contribution in [0.25, 0.3) is 5.69 Å². The van der Waals surface area contributed by atoms with E-state index in [0.717, 1.165) is 5.69 Å². The van der Waals surface area contributed by atoms with E-state index in [4.69, 9.17) is 5.73 Å². The minimum Gasteiger partial charge on any atom is -0.324 e. The molecule has 0 amide bonds. The molecule has 0 fully saturated rings. The van der Waals surface area contributed by atoms with Gasteiger partial charge in [0.1, 0.15) is 18.5 Å². The number of aryl methyl sites for hydroxylation is 1. The van der Waals surface area contributed by atoms with E-state index in [-0.39, 0.29) is 11.9 Å². The maximum Gasteiger partial charge on any atom is 0.138 e. The number of benzene rings is 1. The van der Waals surface area contributed by atoms with Crippen LogP contribution in [-0.4, -0.2) is 14.8 Å². The van der Waals surface area contributed by atoms with Gasteiger partial charge >= 0.3 is 0 Å². The molecule has 0 unspecified atom stereocenters. The van der Waals surface area contributed by atoms with Crippen LogP contribution in [0.2, 0.25) is 0 Å². The van der Waals surface area contributed by atoms with E-state index in [1.54, 1.807) is 24.0 Å². The van der Waals surface area contributed by atoms with Crippen LogP contribution in [0.5, 0.6) is 0 Å². The number of rotatable bonds is 2. The minimum atomic E-state index is -0.255. The lowest BCUT2D eigenvalue weighted by Gasteiger charge is -2.13. The smallest absolute Gasteiger partial charge is 0.138 e. The van der Waals surface area contributed by atoms with E-state index < -0.39 is 0 Å². The first kappa shape index (κ1) is 10.8. The van der Waals surface area contributed by atoms with Gasteiger partial charge in [-0.05, 0) is 37.1 Å². The van der Waals surface area contributed by atoms with Crippen molar-refractivity contribution in [2.75, 3.05) is 0 Å². The van der Waals surface area contributed by atoms with Gasteiger partial charge in [0.05, 0.1) is 5.69 Å². The Kier molecular flexibility index (Phi) is 2.70. The van der Waals surface area contributed by atoms with Gasteiger partial charge in [0.25, 0.3) is 0 Å². The van der Waals surface area contributed by atoms with E-state index >= 15 is 0 Å². The zero-order chi connectivity index (χ0) is 11.7. The Labute approximate surface area is 92.9 Å². The summed E-state index contributed by atoms with van der Waals surface area (Å²) in [5.41, 5.74) is 7.86. The van der Waals surface area contributed by atoms with Gasteiger partial charge in [0, 0.05) is 6.04 Å². The first-order valence-electron chi connectivity index (χ1n) is 5.00. The van der Waals surface area contributed by atoms with Crippen LogP contribution in [0.1, 0.15) is 24.1 Å². The predicted octanol–water partition coefficient (Wildman–Crippen LogP) is 1.73. The van der Waals surface area contributed by atoms with Gasteiger partial charge in [-0.3, -0.25) is 0 Å². The highest BCUT2D eigenvalue weighted by atomic mass is 19.1. The molecule has 0 aliphatic carbocycles. The molecule has 2 rings (SSSR count). The van der Waals surface area contributed by atoms with Crippen LogP contribution in [-0.2, 0) is 0 Å². The Balaban J connectivity index is 2.63. The fourth-order valence-corrected chi connectivity index (χ4v) is 1.58. The highest BCUT2D eigenvalue weighted by molar-refractivity contribution is 5.45. The first-order valence-corrected chi connectivity index (χ1v) is 5.00. The molecule has 0 spiro atoms. The summed E-state index contributed by atoms with van der Waals surface area (Å²) in [5.74, 6) is -0.254. The molecule has 2 N–H and O–H groups in total. The molecule has 0 aliphatic heterocycles. The average Bonchev–Trinajstić information content (AvgIpc) is 2.74. The highest BCUT2D eigenvalue weighted by Crippen LogP contribution is 2.23. The van der Waals surface area contributed by atoms with Gasteiger partial charge in [-0.15, -0.1) is 0 Å². The highest BCUT2D eigenvalue weighted by Gasteiger charge is 2.12. The zero-order valence-corrected chi connectivity index (χ0v) is 9.18. The molecule has 84 valence electrons. The second kappa shape index (κ2) is 4.02. The number of nitrogens with two attached hydrogens (primary N) is 1. The van der Waals surface area contributed by atoms with Crippen molar-refractivity contribution >= 4 is 0 Å². The first-order chi connectivity index (χ1) is 7.59. The van der Waals surface area contributed by atoms with Crippen molar-refractivity contribution in [2.45, 2.75) is 19.9 Å². The normalized spacial score (nSPS) is 12.8. The van der Waals surface area contributed by atoms with Crippen molar-refractivity contribution in [1.82, 2.24) is 14.8 Å². The van der Waals surface area contributed by atoms with Crippen LogP contribution >= 0.6 is 0 Å². The van der Waals surface area contributed by atoms with Crippen LogP contribution in [0, 0.1) is 12.7 Å². The number of hydrogen-bond acceptors (Lipinski definition) is 3. The summed E-state index contributed by atoms with van der Waals surface area (Å²) in [5, 5.41) is 4.03. The second-order valence-electron chi connectivity index (χ2n) is 3.79. The van der Waals surface area contributed by atoms with Crippen molar-refractivity contribution in [1.29, 1.82) is 0 Å². The third kappa shape index (κ3) is 1.81. The molecule has 0 radical (unpaired) electrons. The molecule has 1 aromatic heterocycles. The van der Waals surface area contributed by atoms with E-state index in [2.05, 4.69) is 10.1 Å². The molecule has 0 saturated heterocycles. The fraction of sp³-hybridized carbons (Fsp3) is 0.273. The maximum atomic E-state index is 13.5. The number of hydrogen-bond donors (Lipinski definition) is 1. The number of aromatic nitrogens is 3. The van der Waals surface area contributed by atoms with E-state index in [1.807, 2.05) is 6.92 Å². The zero-order valence-electron chi connectivity index (χ0n) is 9.18. The molecular weight excluding hydrogens is 207 g/mol. The van der Waals surface area contributed by atoms with Crippen molar-refractivity contribution in [2.24, 2.45) is 5.73 Å². The van der Waals surface area contributed by atoms with Gasteiger partial charge in [-0.25, -0.2) is 14.1 Å². The molecule has 1 aromatic carbocycles. The second-order valence-corrected chi connectivity index (χ2v) is 3.79. The van der Waals surface area contributed by atoms with Crippen LogP contribution in [0.4, 0.5) is 4.39 Å². The molecule has 1 atom stereocenters. The number of nitrogens with zero attached hydrogens (tertiary/aromatic N) is 3. The van der Waals surface area contributed by atoms with Gasteiger partial charge in [0.15, 0.2) is 0 Å². The van der Waals surface area contributed by atoms with Crippen LogP contribution in [0.15, 0.2) is 24.8 Å². The summed E-state index contributed by atoms with van der Waals surface area (Å²) in [6.45, 7) is 3.52. The lowest BCUT2D eigenvalue weighted by molar-refractivity contribution is 0.611. The van der Waals surface area contributed by atoms with Crippen LogP contribution in [0.3, 0.4) is 0 Å². The molecule has 0 saturated carbocycles. The minimum absolute atomic E-state index is 0.254. The molecule has 2 aromatic rings. The number of halogens is 1. The summed E-state index contributed by atoms with van der Waals surface area (Å²) in [4.78, 5) is 3.87. The van der Waals surface area contributed by atoms with E-state index in [1.165, 1.54) is 12.4 Å². The van der Waals surface area contributed by atoms with Gasteiger partial charge < -0.3 is 5.73 Å². The fourth-order valence-electron chi connectivity index (χ4n) is 1.58. The Morgan fingerprint density at radius 3 is 2.75 bits per heavy atom. The largest absolute Gasteiger partial charge is 0.324 e. The average molecular weight is 220 g/mol. The predicted molar refractivity (Wildman–Crippen MR) is 58.7 cm³/mol. The van der Waals surface area contributed by atoms with Crippen LogP contribution < -0.4 is 5.73 Å². The quantitative estimate of drug-likeness (QED) is 0.838. The summed E-state index contributed by atoms with van der Waals surface area (Å²) >= 11 is 0. The standard InChI is InChI=1S/C11H13FN4/c1-7-3-11(16-6-14-5-15-16)9(8(2)13)4-10(7)12/h3-6,8H,13H2,1-2H3/t8-/m0/s1. The van der Waals surface area contributed by atoms with Crippen molar-refractivity contribution in [3.05, 3.63) is 41.7 Å². The third-order valence-electron chi connectivity index (χ3n) is 2.46. The molecule has 0 aliphatic rings. The van der Waals surface area contributed by atoms with Gasteiger partial charge in [-0.2, -0.15) is 5.10 Å². The Morgan fingerprint density at radius 2 is 2.19 bits per heavy atom. The summed E-state index contributed by atoms with van der Waals surface area (Å²) in [6, 6.07) is 2.92. The molecular formula is C11H13FN4. The monoisotopic (exact) mass is 220 g/mol. The van der Waals surface area contributed by atoms with Gasteiger partial charge in [0.2, 0.25) is 0 Å². The van der Waals surface area contributed by atoms with E-state index in [0.29, 0.717) is 11.1 Å². The Bertz CT molecular complexity index is 491. The lowest BCUT2D eigenvalue weighted by Crippen LogP contribution is -2.11. The Hall–Kier alpha value is -1.75. The van der Waals surface area contributed by atoms with E-state index in [9.17, 15) is 4.39 Å². The molecule has 5 heteroatoms. The topological polar surface area (TPSA) is 56.7 Å². The SMILES string of the molecule is Cc1cc(-n2cncn2)c([C@H](C)N)cc1F. The molecule has 16 heavy (non-hydrogen) atoms. The molecule has 0 bridgehead atoms. The lowest BCUT2D eigenvalue weighted by atomic mass is 10.0. The van der Waals surface area contributed by atoms with Gasteiger partial charge in [-0.1, -0.05) is 0 Å². The van der Waals surface area contributed by atoms with Crippen molar-refractivity contribution in [3.8, 4) is 5.69 Å². The molecule has 4 nitrogen and oxygen atoms in total. The Morgan fingerprint density at radius 1 is 1.44 bits per heavy atom. The summed E-state index contributed by atoms with van der Waals surface area (Å²) in [7, 11) is 0. The third-order valence-corrected chi connectivity index (χ3v) is 2.46. The van der Waals surface area contributed by atoms with Crippen molar-refractivity contribution < 1.29 is 4.39 Å². The van der Waals surface area contributed by atoms with Crippen molar-refractivity contribution in [3.63, 3.8) is 0 Å². The summed E-state index contributed by atoms with van der Waals surface area (Å²) < 4.78 is 15.0. The maximum absolute atomic E-state index is 13.5.